The summed E-state index contributed by atoms with van der Waals surface area (Å²) in [5, 5.41) is 2.74. The van der Waals surface area contributed by atoms with Crippen LogP contribution in [0.5, 0.6) is 5.75 Å². The molecule has 0 aliphatic carbocycles. The molecule has 7 heteroatoms. The van der Waals surface area contributed by atoms with Crippen molar-refractivity contribution >= 4 is 27.3 Å². The molecule has 3 aromatic carbocycles. The standard InChI is InChI=1S/C24H26N2O4S/c1-16-5-9-22(10-6-16)30-19(4)24(27)25-20-7-11-23(12-8-20)31(28,29)26-21-14-17(2)13-18(3)15-21/h5-15,19,26H,1-4H3,(H,25,27). The lowest BCUT2D eigenvalue weighted by molar-refractivity contribution is -0.122. The summed E-state index contributed by atoms with van der Waals surface area (Å²) < 4.78 is 33.6. The zero-order valence-electron chi connectivity index (χ0n) is 18.0. The van der Waals surface area contributed by atoms with E-state index in [0.717, 1.165) is 16.7 Å². The smallest absolute Gasteiger partial charge is 0.265 e. The van der Waals surface area contributed by atoms with Crippen molar-refractivity contribution in [3.05, 3.63) is 83.4 Å². The molecule has 1 amide bonds. The van der Waals surface area contributed by atoms with E-state index >= 15 is 0 Å². The van der Waals surface area contributed by atoms with Gasteiger partial charge in [0, 0.05) is 11.4 Å². The second kappa shape index (κ2) is 9.22. The summed E-state index contributed by atoms with van der Waals surface area (Å²) in [6.45, 7) is 7.45. The van der Waals surface area contributed by atoms with Crippen molar-refractivity contribution in [1.29, 1.82) is 0 Å². The Kier molecular flexibility index (Phi) is 6.65. The molecule has 3 rings (SSSR count). The predicted molar refractivity (Wildman–Crippen MR) is 123 cm³/mol. The number of rotatable bonds is 7. The number of aryl methyl sites for hydroxylation is 3. The average Bonchev–Trinajstić information content (AvgIpc) is 2.69. The van der Waals surface area contributed by atoms with E-state index in [2.05, 4.69) is 10.0 Å². The van der Waals surface area contributed by atoms with Crippen LogP contribution >= 0.6 is 0 Å². The van der Waals surface area contributed by atoms with Gasteiger partial charge in [0.25, 0.3) is 15.9 Å². The van der Waals surface area contributed by atoms with E-state index in [4.69, 9.17) is 4.74 Å². The van der Waals surface area contributed by atoms with Gasteiger partial charge in [0.15, 0.2) is 6.10 Å². The Labute approximate surface area is 183 Å². The largest absolute Gasteiger partial charge is 0.481 e. The number of anilines is 2. The SMILES string of the molecule is Cc1ccc(OC(C)C(=O)Nc2ccc(S(=O)(=O)Nc3cc(C)cc(C)c3)cc2)cc1. The van der Waals surface area contributed by atoms with Crippen LogP contribution in [-0.2, 0) is 14.8 Å². The third-order valence-corrected chi connectivity index (χ3v) is 6.01. The van der Waals surface area contributed by atoms with Crippen molar-refractivity contribution in [2.75, 3.05) is 10.0 Å². The summed E-state index contributed by atoms with van der Waals surface area (Å²) in [4.78, 5) is 12.5. The predicted octanol–water partition coefficient (Wildman–Crippen LogP) is 4.82. The number of amides is 1. The summed E-state index contributed by atoms with van der Waals surface area (Å²) in [5.41, 5.74) is 4.04. The van der Waals surface area contributed by atoms with Crippen LogP contribution < -0.4 is 14.8 Å². The third-order valence-electron chi connectivity index (χ3n) is 4.61. The zero-order chi connectivity index (χ0) is 22.6. The van der Waals surface area contributed by atoms with E-state index in [1.807, 2.05) is 51.1 Å². The number of benzene rings is 3. The fourth-order valence-electron chi connectivity index (χ4n) is 3.08. The molecule has 0 fully saturated rings. The highest BCUT2D eigenvalue weighted by atomic mass is 32.2. The molecule has 31 heavy (non-hydrogen) atoms. The van der Waals surface area contributed by atoms with Crippen LogP contribution in [0.2, 0.25) is 0 Å². The second-order valence-electron chi connectivity index (χ2n) is 7.57. The van der Waals surface area contributed by atoms with E-state index in [9.17, 15) is 13.2 Å². The Hall–Kier alpha value is -3.32. The van der Waals surface area contributed by atoms with Crippen molar-refractivity contribution in [3.63, 3.8) is 0 Å². The Morgan fingerprint density at radius 3 is 1.97 bits per heavy atom. The zero-order valence-corrected chi connectivity index (χ0v) is 18.8. The highest BCUT2D eigenvalue weighted by molar-refractivity contribution is 7.92. The molecule has 0 bridgehead atoms. The summed E-state index contributed by atoms with van der Waals surface area (Å²) in [6.07, 6.45) is -0.711. The van der Waals surface area contributed by atoms with Gasteiger partial charge in [-0.15, -0.1) is 0 Å². The fourth-order valence-corrected chi connectivity index (χ4v) is 4.12. The van der Waals surface area contributed by atoms with Crippen molar-refractivity contribution in [3.8, 4) is 5.75 Å². The van der Waals surface area contributed by atoms with Gasteiger partial charge in [-0.05, 0) is 87.4 Å². The molecule has 1 atom stereocenters. The molecule has 0 aromatic heterocycles. The Morgan fingerprint density at radius 2 is 1.39 bits per heavy atom. The fraction of sp³-hybridized carbons (Fsp3) is 0.208. The number of carbonyl (C=O) groups excluding carboxylic acids is 1. The van der Waals surface area contributed by atoms with E-state index in [0.29, 0.717) is 17.1 Å². The first-order valence-electron chi connectivity index (χ1n) is 9.88. The highest BCUT2D eigenvalue weighted by Gasteiger charge is 2.17. The van der Waals surface area contributed by atoms with E-state index in [1.54, 1.807) is 31.2 Å². The van der Waals surface area contributed by atoms with Gasteiger partial charge in [-0.1, -0.05) is 23.8 Å². The van der Waals surface area contributed by atoms with E-state index < -0.39 is 16.1 Å². The number of hydrogen-bond donors (Lipinski definition) is 2. The molecule has 0 spiro atoms. The topological polar surface area (TPSA) is 84.5 Å². The maximum Gasteiger partial charge on any atom is 0.265 e. The summed E-state index contributed by atoms with van der Waals surface area (Å²) in [7, 11) is -3.74. The second-order valence-corrected chi connectivity index (χ2v) is 9.25. The van der Waals surface area contributed by atoms with Crippen molar-refractivity contribution in [1.82, 2.24) is 0 Å². The number of carbonyl (C=O) groups is 1. The molecular formula is C24H26N2O4S. The van der Waals surface area contributed by atoms with Crippen molar-refractivity contribution < 1.29 is 17.9 Å². The highest BCUT2D eigenvalue weighted by Crippen LogP contribution is 2.21. The molecule has 0 aliphatic rings. The van der Waals surface area contributed by atoms with Crippen LogP contribution in [0.25, 0.3) is 0 Å². The minimum Gasteiger partial charge on any atom is -0.481 e. The third kappa shape index (κ3) is 6.08. The number of sulfonamides is 1. The molecule has 0 heterocycles. The van der Waals surface area contributed by atoms with Crippen molar-refractivity contribution in [2.45, 2.75) is 38.7 Å². The minimum atomic E-state index is -3.74. The molecule has 2 N–H and O–H groups in total. The van der Waals surface area contributed by atoms with Crippen LogP contribution in [0.15, 0.2) is 71.6 Å². The monoisotopic (exact) mass is 438 g/mol. The first-order chi connectivity index (χ1) is 14.6. The van der Waals surface area contributed by atoms with Crippen LogP contribution in [0.3, 0.4) is 0 Å². The lowest BCUT2D eigenvalue weighted by Gasteiger charge is -2.15. The molecule has 162 valence electrons. The summed E-state index contributed by atoms with van der Waals surface area (Å²) >= 11 is 0. The van der Waals surface area contributed by atoms with Crippen LogP contribution in [0.1, 0.15) is 23.6 Å². The minimum absolute atomic E-state index is 0.105. The molecule has 0 saturated heterocycles. The number of ether oxygens (including phenoxy) is 1. The first-order valence-corrected chi connectivity index (χ1v) is 11.4. The maximum atomic E-state index is 12.7. The summed E-state index contributed by atoms with van der Waals surface area (Å²) in [5.74, 6) is 0.275. The molecule has 6 nitrogen and oxygen atoms in total. The van der Waals surface area contributed by atoms with Crippen LogP contribution in [-0.4, -0.2) is 20.4 Å². The van der Waals surface area contributed by atoms with Gasteiger partial charge in [0.05, 0.1) is 4.90 Å². The molecule has 1 unspecified atom stereocenters. The molecule has 0 aliphatic heterocycles. The van der Waals surface area contributed by atoms with Gasteiger partial charge in [-0.25, -0.2) is 8.42 Å². The van der Waals surface area contributed by atoms with Gasteiger partial charge in [-0.2, -0.15) is 0 Å². The first kappa shape index (κ1) is 22.4. The molecule has 0 saturated carbocycles. The number of nitrogens with one attached hydrogen (secondary N) is 2. The molecule has 3 aromatic rings. The molecular weight excluding hydrogens is 412 g/mol. The van der Waals surface area contributed by atoms with Crippen LogP contribution in [0, 0.1) is 20.8 Å². The van der Waals surface area contributed by atoms with Gasteiger partial charge in [0.2, 0.25) is 0 Å². The number of hydrogen-bond acceptors (Lipinski definition) is 4. The lowest BCUT2D eigenvalue weighted by Crippen LogP contribution is -2.30. The van der Waals surface area contributed by atoms with E-state index in [1.165, 1.54) is 12.1 Å². The Morgan fingerprint density at radius 1 is 0.806 bits per heavy atom. The normalized spacial score (nSPS) is 12.1. The van der Waals surface area contributed by atoms with E-state index in [-0.39, 0.29) is 10.8 Å². The van der Waals surface area contributed by atoms with Gasteiger partial charge < -0.3 is 10.1 Å². The molecule has 0 radical (unpaired) electrons. The van der Waals surface area contributed by atoms with Gasteiger partial charge in [-0.3, -0.25) is 9.52 Å². The maximum absolute atomic E-state index is 12.7. The quantitative estimate of drug-likeness (QED) is 0.554. The van der Waals surface area contributed by atoms with Gasteiger partial charge >= 0.3 is 0 Å². The van der Waals surface area contributed by atoms with Gasteiger partial charge in [0.1, 0.15) is 5.75 Å². The Bertz CT molecular complexity index is 1150. The Balaban J connectivity index is 1.64. The lowest BCUT2D eigenvalue weighted by atomic mass is 10.1. The van der Waals surface area contributed by atoms with Crippen LogP contribution in [0.4, 0.5) is 11.4 Å². The van der Waals surface area contributed by atoms with Crippen molar-refractivity contribution in [2.24, 2.45) is 0 Å². The average molecular weight is 439 g/mol. The summed E-state index contributed by atoms with van der Waals surface area (Å²) in [6, 6.07) is 18.9.